The monoisotopic (exact) mass is 331 g/mol. The van der Waals surface area contributed by atoms with Gasteiger partial charge in [-0.25, -0.2) is 4.98 Å². The standard InChI is InChI=1S/C17H21N3O2S/c1-10(2)14(16(22)20-17-18-12(4)9-23-17)19-15(21)13-7-5-6-11(3)8-13/h5-10,14H,1-4H3,(H,19,21)(H,18,20,22)/t14-/m1/s1. The summed E-state index contributed by atoms with van der Waals surface area (Å²) in [7, 11) is 0. The fourth-order valence-electron chi connectivity index (χ4n) is 2.14. The number of hydrogen-bond donors (Lipinski definition) is 2. The second kappa shape index (κ2) is 7.37. The quantitative estimate of drug-likeness (QED) is 0.884. The van der Waals surface area contributed by atoms with Crippen molar-refractivity contribution in [3.8, 4) is 0 Å². The van der Waals surface area contributed by atoms with Gasteiger partial charge in [0, 0.05) is 10.9 Å². The molecule has 0 fully saturated rings. The summed E-state index contributed by atoms with van der Waals surface area (Å²) in [6, 6.07) is 6.67. The van der Waals surface area contributed by atoms with Crippen LogP contribution < -0.4 is 10.6 Å². The average molecular weight is 331 g/mol. The number of amides is 2. The summed E-state index contributed by atoms with van der Waals surface area (Å²) >= 11 is 1.37. The van der Waals surface area contributed by atoms with Crippen LogP contribution in [-0.2, 0) is 4.79 Å². The molecule has 1 heterocycles. The predicted molar refractivity (Wildman–Crippen MR) is 92.8 cm³/mol. The van der Waals surface area contributed by atoms with Gasteiger partial charge in [0.1, 0.15) is 6.04 Å². The van der Waals surface area contributed by atoms with E-state index >= 15 is 0 Å². The number of aromatic nitrogens is 1. The number of rotatable bonds is 5. The maximum Gasteiger partial charge on any atom is 0.251 e. The van der Waals surface area contributed by atoms with E-state index in [1.165, 1.54) is 11.3 Å². The number of nitrogens with one attached hydrogen (secondary N) is 2. The Bertz CT molecular complexity index is 709. The van der Waals surface area contributed by atoms with Gasteiger partial charge in [-0.3, -0.25) is 9.59 Å². The van der Waals surface area contributed by atoms with Crippen LogP contribution in [0.2, 0.25) is 0 Å². The van der Waals surface area contributed by atoms with Crippen molar-refractivity contribution in [3.63, 3.8) is 0 Å². The van der Waals surface area contributed by atoms with E-state index < -0.39 is 6.04 Å². The molecule has 1 aromatic heterocycles. The van der Waals surface area contributed by atoms with Gasteiger partial charge in [-0.1, -0.05) is 31.5 Å². The van der Waals surface area contributed by atoms with Crippen LogP contribution >= 0.6 is 11.3 Å². The van der Waals surface area contributed by atoms with Crippen LogP contribution in [0.5, 0.6) is 0 Å². The van der Waals surface area contributed by atoms with Crippen LogP contribution in [0.25, 0.3) is 0 Å². The van der Waals surface area contributed by atoms with E-state index in [1.807, 2.05) is 45.2 Å². The van der Waals surface area contributed by atoms with Gasteiger partial charge in [-0.2, -0.15) is 0 Å². The minimum atomic E-state index is -0.618. The van der Waals surface area contributed by atoms with Crippen LogP contribution in [0.1, 0.15) is 35.5 Å². The molecule has 23 heavy (non-hydrogen) atoms. The van der Waals surface area contributed by atoms with E-state index in [4.69, 9.17) is 0 Å². The summed E-state index contributed by atoms with van der Waals surface area (Å²) in [5.74, 6) is -0.543. The summed E-state index contributed by atoms with van der Waals surface area (Å²) in [6.07, 6.45) is 0. The molecule has 0 saturated carbocycles. The van der Waals surface area contributed by atoms with E-state index in [1.54, 1.807) is 12.1 Å². The van der Waals surface area contributed by atoms with Gasteiger partial charge in [-0.15, -0.1) is 11.3 Å². The van der Waals surface area contributed by atoms with Crippen molar-refractivity contribution in [1.29, 1.82) is 0 Å². The number of thiazole rings is 1. The first kappa shape index (κ1) is 17.1. The van der Waals surface area contributed by atoms with E-state index in [0.29, 0.717) is 10.7 Å². The highest BCUT2D eigenvalue weighted by Gasteiger charge is 2.25. The number of aryl methyl sites for hydroxylation is 2. The van der Waals surface area contributed by atoms with E-state index in [9.17, 15) is 9.59 Å². The minimum Gasteiger partial charge on any atom is -0.340 e. The van der Waals surface area contributed by atoms with Crippen LogP contribution in [-0.4, -0.2) is 22.8 Å². The highest BCUT2D eigenvalue weighted by atomic mass is 32.1. The third-order valence-electron chi connectivity index (χ3n) is 3.37. The maximum absolute atomic E-state index is 12.4. The first-order valence-electron chi connectivity index (χ1n) is 7.47. The molecule has 0 bridgehead atoms. The molecule has 0 aliphatic carbocycles. The first-order chi connectivity index (χ1) is 10.9. The topological polar surface area (TPSA) is 71.1 Å². The summed E-state index contributed by atoms with van der Waals surface area (Å²) in [5.41, 5.74) is 2.41. The van der Waals surface area contributed by atoms with Crippen LogP contribution in [0.3, 0.4) is 0 Å². The Balaban J connectivity index is 2.09. The van der Waals surface area contributed by atoms with Gasteiger partial charge in [0.15, 0.2) is 5.13 Å². The third kappa shape index (κ3) is 4.63. The molecule has 2 aromatic rings. The Labute approximate surface area is 140 Å². The van der Waals surface area contributed by atoms with Gasteiger partial charge >= 0.3 is 0 Å². The summed E-state index contributed by atoms with van der Waals surface area (Å²) in [4.78, 5) is 29.0. The van der Waals surface area contributed by atoms with Crippen molar-refractivity contribution in [3.05, 3.63) is 46.5 Å². The Hall–Kier alpha value is -2.21. The SMILES string of the molecule is Cc1cccc(C(=O)N[C@@H](C(=O)Nc2nc(C)cs2)C(C)C)c1. The second-order valence-electron chi connectivity index (χ2n) is 5.85. The Morgan fingerprint density at radius 1 is 1.22 bits per heavy atom. The van der Waals surface area contributed by atoms with Crippen LogP contribution in [0, 0.1) is 19.8 Å². The molecule has 1 aromatic carbocycles. The fourth-order valence-corrected chi connectivity index (χ4v) is 2.83. The highest BCUT2D eigenvalue weighted by Crippen LogP contribution is 2.16. The largest absolute Gasteiger partial charge is 0.340 e. The molecule has 1 atom stereocenters. The second-order valence-corrected chi connectivity index (χ2v) is 6.71. The van der Waals surface area contributed by atoms with E-state index in [0.717, 1.165) is 11.3 Å². The number of nitrogens with zero attached hydrogens (tertiary/aromatic N) is 1. The molecule has 0 radical (unpaired) electrons. The lowest BCUT2D eigenvalue weighted by Crippen LogP contribution is -2.47. The van der Waals surface area contributed by atoms with Gasteiger partial charge in [0.05, 0.1) is 5.69 Å². The summed E-state index contributed by atoms with van der Waals surface area (Å²) in [5, 5.41) is 7.99. The molecule has 0 saturated heterocycles. The van der Waals surface area contributed by atoms with Gasteiger partial charge in [0.25, 0.3) is 5.91 Å². The Morgan fingerprint density at radius 3 is 2.52 bits per heavy atom. The van der Waals surface area contributed by atoms with E-state index in [-0.39, 0.29) is 17.7 Å². The zero-order chi connectivity index (χ0) is 17.0. The van der Waals surface area contributed by atoms with Crippen LogP contribution in [0.15, 0.2) is 29.6 Å². The molecule has 0 aliphatic heterocycles. The summed E-state index contributed by atoms with van der Waals surface area (Å²) < 4.78 is 0. The lowest BCUT2D eigenvalue weighted by Gasteiger charge is -2.21. The fraction of sp³-hybridized carbons (Fsp3) is 0.353. The lowest BCUT2D eigenvalue weighted by molar-refractivity contribution is -0.118. The Kier molecular flexibility index (Phi) is 5.50. The van der Waals surface area contributed by atoms with Crippen molar-refractivity contribution < 1.29 is 9.59 Å². The number of benzene rings is 1. The number of carbonyl (C=O) groups excluding carboxylic acids is 2. The molecule has 2 N–H and O–H groups in total. The molecule has 0 aliphatic rings. The smallest absolute Gasteiger partial charge is 0.251 e. The average Bonchev–Trinajstić information content (AvgIpc) is 2.89. The van der Waals surface area contributed by atoms with Gasteiger partial charge in [0.2, 0.25) is 5.91 Å². The zero-order valence-electron chi connectivity index (χ0n) is 13.7. The molecule has 122 valence electrons. The van der Waals surface area contributed by atoms with Crippen molar-refractivity contribution in [2.45, 2.75) is 33.7 Å². The molecule has 0 unspecified atom stereocenters. The van der Waals surface area contributed by atoms with Crippen molar-refractivity contribution in [1.82, 2.24) is 10.3 Å². The van der Waals surface area contributed by atoms with Crippen molar-refractivity contribution in [2.24, 2.45) is 5.92 Å². The molecule has 6 heteroatoms. The zero-order valence-corrected chi connectivity index (χ0v) is 14.5. The lowest BCUT2D eigenvalue weighted by atomic mass is 10.0. The first-order valence-corrected chi connectivity index (χ1v) is 8.35. The van der Waals surface area contributed by atoms with Gasteiger partial charge < -0.3 is 10.6 Å². The number of anilines is 1. The van der Waals surface area contributed by atoms with Gasteiger partial charge in [-0.05, 0) is 31.9 Å². The number of hydrogen-bond acceptors (Lipinski definition) is 4. The predicted octanol–water partition coefficient (Wildman–Crippen LogP) is 3.15. The molecule has 2 amide bonds. The molecule has 2 rings (SSSR count). The maximum atomic E-state index is 12.4. The molecular weight excluding hydrogens is 310 g/mol. The third-order valence-corrected chi connectivity index (χ3v) is 4.24. The Morgan fingerprint density at radius 2 is 1.96 bits per heavy atom. The van der Waals surface area contributed by atoms with Crippen molar-refractivity contribution in [2.75, 3.05) is 5.32 Å². The van der Waals surface area contributed by atoms with Crippen LogP contribution in [0.4, 0.5) is 5.13 Å². The molecule has 5 nitrogen and oxygen atoms in total. The molecular formula is C17H21N3O2S. The normalized spacial score (nSPS) is 12.0. The highest BCUT2D eigenvalue weighted by molar-refractivity contribution is 7.13. The minimum absolute atomic E-state index is 0.0372. The molecule has 0 spiro atoms. The summed E-state index contributed by atoms with van der Waals surface area (Å²) in [6.45, 7) is 7.58. The van der Waals surface area contributed by atoms with Crippen molar-refractivity contribution >= 4 is 28.3 Å². The van der Waals surface area contributed by atoms with E-state index in [2.05, 4.69) is 15.6 Å². The number of carbonyl (C=O) groups is 2.